The number of Topliss-reactive ketones (excluding diaryl/α,β-unsaturated/α-hetero) is 1. The average molecular weight is 426 g/mol. The topological polar surface area (TPSA) is 113 Å². The number of hydrogen-bond donors (Lipinski definition) is 2. The molecule has 0 spiro atoms. The highest BCUT2D eigenvalue weighted by molar-refractivity contribution is 7.12. The lowest BCUT2D eigenvalue weighted by atomic mass is 9.95. The molecule has 0 fully saturated rings. The van der Waals surface area contributed by atoms with Crippen molar-refractivity contribution in [1.29, 1.82) is 0 Å². The third-order valence-corrected chi connectivity index (χ3v) is 5.53. The lowest BCUT2D eigenvalue weighted by Crippen LogP contribution is -2.31. The van der Waals surface area contributed by atoms with Gasteiger partial charge in [-0.3, -0.25) is 14.5 Å². The van der Waals surface area contributed by atoms with E-state index < -0.39 is 23.5 Å². The van der Waals surface area contributed by atoms with Crippen LogP contribution in [0.3, 0.4) is 0 Å². The largest absolute Gasteiger partial charge is 0.504 e. The Morgan fingerprint density at radius 3 is 2.73 bits per heavy atom. The third-order valence-electron chi connectivity index (χ3n) is 4.66. The van der Waals surface area contributed by atoms with Gasteiger partial charge in [-0.2, -0.15) is 0 Å². The molecule has 0 saturated heterocycles. The van der Waals surface area contributed by atoms with E-state index in [0.717, 1.165) is 0 Å². The zero-order valence-electron chi connectivity index (χ0n) is 16.2. The molecule has 0 bridgehead atoms. The summed E-state index contributed by atoms with van der Waals surface area (Å²) in [5.74, 6) is -1.12. The summed E-state index contributed by atoms with van der Waals surface area (Å²) >= 11 is 1.21. The SMILES string of the molecule is CCOc1cc(C2C(C(=O)c3cccs3)=C(O)C(=O)N2c2cc(C)on2)ccc1O. The number of hydrogen-bond acceptors (Lipinski definition) is 8. The number of aromatic nitrogens is 1. The Hall–Kier alpha value is -3.59. The highest BCUT2D eigenvalue weighted by atomic mass is 32.1. The fourth-order valence-corrected chi connectivity index (χ4v) is 4.05. The zero-order valence-corrected chi connectivity index (χ0v) is 17.0. The Morgan fingerprint density at radius 2 is 2.10 bits per heavy atom. The number of phenols is 1. The Bertz CT molecular complexity index is 1150. The maximum atomic E-state index is 13.2. The van der Waals surface area contributed by atoms with Crippen molar-refractivity contribution < 1.29 is 29.1 Å². The van der Waals surface area contributed by atoms with Gasteiger partial charge in [0, 0.05) is 6.07 Å². The van der Waals surface area contributed by atoms with Gasteiger partial charge in [0.1, 0.15) is 5.76 Å². The van der Waals surface area contributed by atoms with E-state index in [2.05, 4.69) is 5.16 Å². The van der Waals surface area contributed by atoms with Gasteiger partial charge in [-0.15, -0.1) is 11.3 Å². The van der Waals surface area contributed by atoms with Gasteiger partial charge < -0.3 is 19.5 Å². The standard InChI is InChI=1S/C21H18N2O6S/c1-3-28-14-10-12(6-7-13(14)24)18-17(19(25)15-5-4-8-30-15)20(26)21(27)23(18)16-9-11(2)29-22-16/h4-10,18,24,26H,3H2,1-2H3. The van der Waals surface area contributed by atoms with Crippen molar-refractivity contribution in [2.45, 2.75) is 19.9 Å². The smallest absolute Gasteiger partial charge is 0.295 e. The van der Waals surface area contributed by atoms with Crippen LogP contribution in [-0.4, -0.2) is 33.7 Å². The second-order valence-electron chi connectivity index (χ2n) is 6.60. The number of rotatable bonds is 6. The molecule has 0 radical (unpaired) electrons. The monoisotopic (exact) mass is 426 g/mol. The quantitative estimate of drug-likeness (QED) is 0.574. The molecule has 9 heteroatoms. The van der Waals surface area contributed by atoms with E-state index in [0.29, 0.717) is 22.8 Å². The van der Waals surface area contributed by atoms with Gasteiger partial charge in [0.2, 0.25) is 5.78 Å². The predicted octanol–water partition coefficient (Wildman–Crippen LogP) is 3.93. The molecule has 3 heterocycles. The summed E-state index contributed by atoms with van der Waals surface area (Å²) in [4.78, 5) is 27.8. The van der Waals surface area contributed by atoms with Gasteiger partial charge in [-0.1, -0.05) is 17.3 Å². The Labute approximate surface area is 175 Å². The van der Waals surface area contributed by atoms with Crippen molar-refractivity contribution in [3.8, 4) is 11.5 Å². The van der Waals surface area contributed by atoms with E-state index >= 15 is 0 Å². The van der Waals surface area contributed by atoms with Crippen molar-refractivity contribution in [1.82, 2.24) is 5.16 Å². The number of ether oxygens (including phenoxy) is 1. The highest BCUT2D eigenvalue weighted by Crippen LogP contribution is 2.43. The molecular weight excluding hydrogens is 408 g/mol. The summed E-state index contributed by atoms with van der Waals surface area (Å²) < 4.78 is 10.6. The molecule has 8 nitrogen and oxygen atoms in total. The summed E-state index contributed by atoms with van der Waals surface area (Å²) in [5, 5.41) is 26.4. The van der Waals surface area contributed by atoms with Gasteiger partial charge in [-0.25, -0.2) is 0 Å². The minimum absolute atomic E-state index is 0.0729. The maximum absolute atomic E-state index is 13.2. The van der Waals surface area contributed by atoms with Crippen molar-refractivity contribution in [2.75, 3.05) is 11.5 Å². The van der Waals surface area contributed by atoms with Crippen LogP contribution in [0, 0.1) is 6.92 Å². The second-order valence-corrected chi connectivity index (χ2v) is 7.55. The van der Waals surface area contributed by atoms with Crippen LogP contribution >= 0.6 is 11.3 Å². The van der Waals surface area contributed by atoms with Gasteiger partial charge >= 0.3 is 0 Å². The summed E-state index contributed by atoms with van der Waals surface area (Å²) in [6, 6.07) is 8.43. The van der Waals surface area contributed by atoms with Crippen LogP contribution < -0.4 is 9.64 Å². The van der Waals surface area contributed by atoms with Crippen LogP contribution in [0.4, 0.5) is 5.82 Å². The van der Waals surface area contributed by atoms with Gasteiger partial charge in [0.25, 0.3) is 5.91 Å². The molecule has 1 aliphatic rings. The van der Waals surface area contributed by atoms with Crippen molar-refractivity contribution in [3.05, 3.63) is 69.3 Å². The lowest BCUT2D eigenvalue weighted by Gasteiger charge is -2.24. The fourth-order valence-electron chi connectivity index (χ4n) is 3.37. The number of carbonyl (C=O) groups excluding carboxylic acids is 2. The number of phenolic OH excluding ortho intramolecular Hbond substituents is 1. The summed E-state index contributed by atoms with van der Waals surface area (Å²) in [7, 11) is 0. The van der Waals surface area contributed by atoms with Crippen LogP contribution in [0.5, 0.6) is 11.5 Å². The van der Waals surface area contributed by atoms with E-state index in [1.807, 2.05) is 0 Å². The maximum Gasteiger partial charge on any atom is 0.295 e. The number of aromatic hydroxyl groups is 1. The molecule has 1 unspecified atom stereocenters. The molecule has 2 aromatic heterocycles. The first-order valence-electron chi connectivity index (χ1n) is 9.16. The van der Waals surface area contributed by atoms with Crippen LogP contribution in [0.1, 0.15) is 34.0 Å². The van der Waals surface area contributed by atoms with E-state index in [-0.39, 0.29) is 22.9 Å². The number of aliphatic hydroxyl groups excluding tert-OH is 1. The highest BCUT2D eigenvalue weighted by Gasteiger charge is 2.46. The molecule has 2 N–H and O–H groups in total. The van der Waals surface area contributed by atoms with Crippen LogP contribution in [0.25, 0.3) is 0 Å². The molecule has 30 heavy (non-hydrogen) atoms. The van der Waals surface area contributed by atoms with Crippen LogP contribution in [0.2, 0.25) is 0 Å². The minimum atomic E-state index is -0.976. The van der Waals surface area contributed by atoms with E-state index in [4.69, 9.17) is 9.26 Å². The number of amides is 1. The number of carbonyl (C=O) groups is 2. The number of aryl methyl sites for hydroxylation is 1. The molecule has 154 valence electrons. The average Bonchev–Trinajstić information content (AvgIpc) is 3.45. The van der Waals surface area contributed by atoms with Crippen LogP contribution in [-0.2, 0) is 4.79 Å². The Kier molecular flexibility index (Phi) is 5.04. The van der Waals surface area contributed by atoms with Gasteiger partial charge in [0.05, 0.1) is 23.1 Å². The lowest BCUT2D eigenvalue weighted by molar-refractivity contribution is -0.117. The number of anilines is 1. The third kappa shape index (κ3) is 3.22. The second kappa shape index (κ2) is 7.68. The summed E-state index contributed by atoms with van der Waals surface area (Å²) in [6.45, 7) is 3.76. The minimum Gasteiger partial charge on any atom is -0.504 e. The van der Waals surface area contributed by atoms with Gasteiger partial charge in [-0.05, 0) is 43.0 Å². The molecular formula is C21H18N2O6S. The summed E-state index contributed by atoms with van der Waals surface area (Å²) in [5.41, 5.74) is 0.394. The molecule has 1 amide bonds. The number of nitrogens with zero attached hydrogens (tertiary/aromatic N) is 2. The normalized spacial score (nSPS) is 16.4. The molecule has 1 aliphatic heterocycles. The molecule has 4 rings (SSSR count). The van der Waals surface area contributed by atoms with Crippen molar-refractivity contribution >= 4 is 28.8 Å². The first-order chi connectivity index (χ1) is 14.4. The zero-order chi connectivity index (χ0) is 21.4. The Balaban J connectivity index is 1.89. The first-order valence-corrected chi connectivity index (χ1v) is 10.0. The number of ketones is 1. The first kappa shape index (κ1) is 19.7. The van der Waals surface area contributed by atoms with Crippen LogP contribution in [0.15, 0.2) is 57.6 Å². The molecule has 1 aromatic carbocycles. The van der Waals surface area contributed by atoms with E-state index in [1.165, 1.54) is 28.4 Å². The van der Waals surface area contributed by atoms with Gasteiger partial charge in [0.15, 0.2) is 23.1 Å². The molecule has 1 atom stereocenters. The number of aliphatic hydroxyl groups is 1. The molecule has 3 aromatic rings. The molecule has 0 aliphatic carbocycles. The van der Waals surface area contributed by atoms with Crippen molar-refractivity contribution in [2.24, 2.45) is 0 Å². The Morgan fingerprint density at radius 1 is 1.30 bits per heavy atom. The van der Waals surface area contributed by atoms with Crippen molar-refractivity contribution in [3.63, 3.8) is 0 Å². The fraction of sp³-hybridized carbons (Fsp3) is 0.190. The van der Waals surface area contributed by atoms with E-state index in [9.17, 15) is 19.8 Å². The number of benzene rings is 1. The predicted molar refractivity (Wildman–Crippen MR) is 109 cm³/mol. The number of thiophene rings is 1. The summed E-state index contributed by atoms with van der Waals surface area (Å²) in [6.07, 6.45) is 0. The molecule has 0 saturated carbocycles. The van der Waals surface area contributed by atoms with E-state index in [1.54, 1.807) is 43.5 Å².